The van der Waals surface area contributed by atoms with Gasteiger partial charge in [-0.15, -0.1) is 0 Å². The van der Waals surface area contributed by atoms with Crippen molar-refractivity contribution in [1.29, 1.82) is 5.26 Å². The summed E-state index contributed by atoms with van der Waals surface area (Å²) >= 11 is 0. The van der Waals surface area contributed by atoms with Crippen LogP contribution in [0.3, 0.4) is 0 Å². The zero-order valence-corrected chi connectivity index (χ0v) is 15.4. The number of nitrogens with zero attached hydrogens (tertiary/aromatic N) is 4. The minimum Gasteiger partial charge on any atom is -0.344 e. The molecule has 0 radical (unpaired) electrons. The van der Waals surface area contributed by atoms with Crippen LogP contribution >= 0.6 is 0 Å². The SMILES string of the molecule is CCN(C[C@H](C)C#N)C(=O)CN1CCC[C@@H]1c1nc2c([nH]1)CCCC2. The van der Waals surface area contributed by atoms with Crippen molar-refractivity contribution in [3.05, 3.63) is 17.2 Å². The Morgan fingerprint density at radius 2 is 2.24 bits per heavy atom. The highest BCUT2D eigenvalue weighted by molar-refractivity contribution is 5.78. The fourth-order valence-corrected chi connectivity index (χ4v) is 4.01. The molecule has 1 aromatic rings. The van der Waals surface area contributed by atoms with Gasteiger partial charge in [0.2, 0.25) is 5.91 Å². The van der Waals surface area contributed by atoms with Crippen LogP contribution < -0.4 is 0 Å². The monoisotopic (exact) mass is 343 g/mol. The van der Waals surface area contributed by atoms with E-state index in [0.29, 0.717) is 19.6 Å². The number of fused-ring (bicyclic) bond motifs is 1. The number of aryl methyl sites for hydroxylation is 2. The van der Waals surface area contributed by atoms with Crippen molar-refractivity contribution in [2.75, 3.05) is 26.2 Å². The Hall–Kier alpha value is -1.87. The normalized spacial score (nSPS) is 21.6. The van der Waals surface area contributed by atoms with Crippen molar-refractivity contribution in [2.45, 2.75) is 58.4 Å². The Morgan fingerprint density at radius 3 is 2.96 bits per heavy atom. The van der Waals surface area contributed by atoms with E-state index in [-0.39, 0.29) is 17.9 Å². The molecule has 2 aliphatic rings. The van der Waals surface area contributed by atoms with Crippen molar-refractivity contribution in [1.82, 2.24) is 19.8 Å². The largest absolute Gasteiger partial charge is 0.344 e. The number of likely N-dealkylation sites (N-methyl/N-ethyl adjacent to an activating group) is 1. The maximum absolute atomic E-state index is 12.7. The molecule has 136 valence electrons. The van der Waals surface area contributed by atoms with E-state index < -0.39 is 0 Å². The Bertz CT molecular complexity index is 623. The summed E-state index contributed by atoms with van der Waals surface area (Å²) in [7, 11) is 0. The van der Waals surface area contributed by atoms with E-state index in [0.717, 1.165) is 38.1 Å². The van der Waals surface area contributed by atoms with Gasteiger partial charge in [-0.2, -0.15) is 5.26 Å². The van der Waals surface area contributed by atoms with E-state index in [1.165, 1.54) is 24.2 Å². The summed E-state index contributed by atoms with van der Waals surface area (Å²) < 4.78 is 0. The molecule has 0 spiro atoms. The summed E-state index contributed by atoms with van der Waals surface area (Å²) in [5.41, 5.74) is 2.54. The van der Waals surface area contributed by atoms with Crippen LogP contribution in [-0.4, -0.2) is 51.9 Å². The highest BCUT2D eigenvalue weighted by Gasteiger charge is 2.32. The number of amides is 1. The molecule has 0 saturated carbocycles. The molecule has 1 N–H and O–H groups in total. The Morgan fingerprint density at radius 1 is 1.44 bits per heavy atom. The lowest BCUT2D eigenvalue weighted by atomic mass is 10.0. The zero-order valence-electron chi connectivity index (χ0n) is 15.4. The average molecular weight is 343 g/mol. The molecule has 1 aliphatic heterocycles. The van der Waals surface area contributed by atoms with Gasteiger partial charge in [0.1, 0.15) is 5.82 Å². The third kappa shape index (κ3) is 4.04. The number of nitriles is 1. The molecule has 1 aliphatic carbocycles. The summed E-state index contributed by atoms with van der Waals surface area (Å²) in [6.07, 6.45) is 6.80. The quantitative estimate of drug-likeness (QED) is 0.861. The van der Waals surface area contributed by atoms with Gasteiger partial charge in [0.05, 0.1) is 30.3 Å². The van der Waals surface area contributed by atoms with Crippen molar-refractivity contribution in [3.63, 3.8) is 0 Å². The summed E-state index contributed by atoms with van der Waals surface area (Å²) in [6, 6.07) is 2.44. The highest BCUT2D eigenvalue weighted by atomic mass is 16.2. The predicted molar refractivity (Wildman–Crippen MR) is 95.8 cm³/mol. The topological polar surface area (TPSA) is 76.0 Å². The lowest BCUT2D eigenvalue weighted by molar-refractivity contribution is -0.132. The van der Waals surface area contributed by atoms with Gasteiger partial charge in [0, 0.05) is 18.8 Å². The number of imidazole rings is 1. The molecule has 6 heteroatoms. The molecule has 0 bridgehead atoms. The van der Waals surface area contributed by atoms with E-state index in [4.69, 9.17) is 10.2 Å². The van der Waals surface area contributed by atoms with Crippen molar-refractivity contribution in [3.8, 4) is 6.07 Å². The number of aromatic amines is 1. The molecule has 1 saturated heterocycles. The van der Waals surface area contributed by atoms with Crippen molar-refractivity contribution in [2.24, 2.45) is 5.92 Å². The lowest BCUT2D eigenvalue weighted by Crippen LogP contribution is -2.42. The Kier molecular flexibility index (Phi) is 5.74. The fourth-order valence-electron chi connectivity index (χ4n) is 4.01. The third-order valence-corrected chi connectivity index (χ3v) is 5.44. The van der Waals surface area contributed by atoms with E-state index >= 15 is 0 Å². The smallest absolute Gasteiger partial charge is 0.236 e. The number of aromatic nitrogens is 2. The molecule has 0 aromatic carbocycles. The molecule has 2 heterocycles. The third-order valence-electron chi connectivity index (χ3n) is 5.44. The first-order valence-electron chi connectivity index (χ1n) is 9.61. The standard InChI is InChI=1S/C19H29N5O/c1-3-23(12-14(2)11-20)18(25)13-24-10-6-9-17(24)19-21-15-7-4-5-8-16(15)22-19/h14,17H,3-10,12-13H2,1-2H3,(H,21,22)/t14-,17-/m1/s1. The molecular formula is C19H29N5O. The fraction of sp³-hybridized carbons (Fsp3) is 0.737. The van der Waals surface area contributed by atoms with E-state index in [2.05, 4.69) is 16.0 Å². The maximum Gasteiger partial charge on any atom is 0.236 e. The number of likely N-dealkylation sites (tertiary alicyclic amines) is 1. The van der Waals surface area contributed by atoms with Crippen molar-refractivity contribution >= 4 is 5.91 Å². The molecule has 1 amide bonds. The molecule has 2 atom stereocenters. The summed E-state index contributed by atoms with van der Waals surface area (Å²) in [5, 5.41) is 9.01. The molecular weight excluding hydrogens is 314 g/mol. The van der Waals surface area contributed by atoms with Gasteiger partial charge in [-0.05, 0) is 58.9 Å². The molecule has 25 heavy (non-hydrogen) atoms. The predicted octanol–water partition coefficient (Wildman–Crippen LogP) is 2.43. The number of nitrogens with one attached hydrogen (secondary N) is 1. The summed E-state index contributed by atoms with van der Waals surface area (Å²) in [6.45, 7) is 6.36. The number of H-pyrrole nitrogens is 1. The molecule has 6 nitrogen and oxygen atoms in total. The van der Waals surface area contributed by atoms with Crippen LogP contribution in [0, 0.1) is 17.2 Å². The highest BCUT2D eigenvalue weighted by Crippen LogP contribution is 2.32. The summed E-state index contributed by atoms with van der Waals surface area (Å²) in [5.74, 6) is 1.04. The van der Waals surface area contributed by atoms with Gasteiger partial charge in [-0.3, -0.25) is 9.69 Å². The maximum atomic E-state index is 12.7. The van der Waals surface area contributed by atoms with Gasteiger partial charge in [0.25, 0.3) is 0 Å². The second kappa shape index (κ2) is 8.01. The number of rotatable bonds is 6. The van der Waals surface area contributed by atoms with E-state index in [9.17, 15) is 4.79 Å². The summed E-state index contributed by atoms with van der Waals surface area (Å²) in [4.78, 5) is 25.1. The van der Waals surface area contributed by atoms with Gasteiger partial charge < -0.3 is 9.88 Å². The lowest BCUT2D eigenvalue weighted by Gasteiger charge is -2.27. The molecule has 0 unspecified atom stereocenters. The second-order valence-corrected chi connectivity index (χ2v) is 7.35. The Labute approximate surface area is 150 Å². The number of carbonyl (C=O) groups is 1. The second-order valence-electron chi connectivity index (χ2n) is 7.35. The zero-order chi connectivity index (χ0) is 17.8. The first kappa shape index (κ1) is 17.9. The number of hydrogen-bond donors (Lipinski definition) is 1. The minimum atomic E-state index is -0.130. The van der Waals surface area contributed by atoms with Gasteiger partial charge in [-0.25, -0.2) is 4.98 Å². The molecule has 1 aromatic heterocycles. The number of carbonyl (C=O) groups excluding carboxylic acids is 1. The Balaban J connectivity index is 1.66. The minimum absolute atomic E-state index is 0.118. The van der Waals surface area contributed by atoms with Crippen LogP contribution in [-0.2, 0) is 17.6 Å². The first-order valence-corrected chi connectivity index (χ1v) is 9.61. The molecule has 1 fully saturated rings. The van der Waals surface area contributed by atoms with Crippen LogP contribution in [0.25, 0.3) is 0 Å². The van der Waals surface area contributed by atoms with E-state index in [1.807, 2.05) is 13.8 Å². The molecule has 3 rings (SSSR count). The van der Waals surface area contributed by atoms with Crippen LogP contribution in [0.15, 0.2) is 0 Å². The van der Waals surface area contributed by atoms with Crippen LogP contribution in [0.5, 0.6) is 0 Å². The van der Waals surface area contributed by atoms with Crippen LogP contribution in [0.2, 0.25) is 0 Å². The average Bonchev–Trinajstić information content (AvgIpc) is 3.25. The van der Waals surface area contributed by atoms with Crippen molar-refractivity contribution < 1.29 is 4.79 Å². The van der Waals surface area contributed by atoms with Gasteiger partial charge in [-0.1, -0.05) is 0 Å². The van der Waals surface area contributed by atoms with Gasteiger partial charge in [0.15, 0.2) is 0 Å². The van der Waals surface area contributed by atoms with Crippen LogP contribution in [0.1, 0.15) is 62.8 Å². The van der Waals surface area contributed by atoms with Crippen LogP contribution in [0.4, 0.5) is 0 Å². The number of hydrogen-bond acceptors (Lipinski definition) is 4. The first-order chi connectivity index (χ1) is 12.1. The van der Waals surface area contributed by atoms with Gasteiger partial charge >= 0.3 is 0 Å². The van der Waals surface area contributed by atoms with E-state index in [1.54, 1.807) is 4.90 Å².